The van der Waals surface area contributed by atoms with Crippen molar-refractivity contribution in [3.8, 4) is 10.8 Å². The van der Waals surface area contributed by atoms with E-state index in [1.54, 1.807) is 6.33 Å². The van der Waals surface area contributed by atoms with Crippen LogP contribution in [0.25, 0.3) is 11.1 Å². The number of hydrogen-bond acceptors (Lipinski definition) is 6. The summed E-state index contributed by atoms with van der Waals surface area (Å²) in [5.74, 6) is -0.0630. The Bertz CT molecular complexity index is 1330. The van der Waals surface area contributed by atoms with Crippen molar-refractivity contribution in [3.63, 3.8) is 0 Å². The van der Waals surface area contributed by atoms with Crippen LogP contribution in [0.2, 0.25) is 10.8 Å². The van der Waals surface area contributed by atoms with Gasteiger partial charge in [0.25, 0.3) is 5.91 Å². The summed E-state index contributed by atoms with van der Waals surface area (Å²) in [4.78, 5) is 17.2. The van der Waals surface area contributed by atoms with Crippen LogP contribution in [-0.2, 0) is 15.7 Å². The molecular weight excluding hydrogens is 497 g/mol. The molecule has 1 aliphatic heterocycles. The highest BCUT2D eigenvalue weighted by molar-refractivity contribution is 7.16. The van der Waals surface area contributed by atoms with E-state index in [4.69, 9.17) is 31.4 Å². The molecule has 3 aromatic rings. The normalized spacial score (nSPS) is 20.8. The van der Waals surface area contributed by atoms with E-state index in [0.29, 0.717) is 22.1 Å². The number of benzene rings is 1. The first-order valence-electron chi connectivity index (χ1n) is 11.9. The lowest BCUT2D eigenvalue weighted by Crippen LogP contribution is -2.41. The highest BCUT2D eigenvalue weighted by atomic mass is 35.5. The second-order valence-corrected chi connectivity index (χ2v) is 11.7. The summed E-state index contributed by atoms with van der Waals surface area (Å²) >= 11 is 7.61. The molecule has 2 N–H and O–H groups in total. The SMILES string of the molecule is C[C@@H](Oc1cc(-n2cnc3c2C=CC(B2OC(C)(C)C(C)(C)O2)C3)sc1C(N)=O)c1ccccc1Cl. The zero-order valence-corrected chi connectivity index (χ0v) is 22.5. The number of hydrogen-bond donors (Lipinski definition) is 1. The van der Waals surface area contributed by atoms with Crippen LogP contribution in [0.5, 0.6) is 5.75 Å². The van der Waals surface area contributed by atoms with E-state index in [-0.39, 0.29) is 30.2 Å². The molecule has 1 aliphatic carbocycles. The van der Waals surface area contributed by atoms with Crippen molar-refractivity contribution in [1.82, 2.24) is 9.55 Å². The highest BCUT2D eigenvalue weighted by Crippen LogP contribution is 2.43. The minimum absolute atomic E-state index is 0.0572. The molecule has 1 amide bonds. The average Bonchev–Trinajstić information content (AvgIpc) is 3.47. The zero-order chi connectivity index (χ0) is 25.8. The Morgan fingerprint density at radius 2 is 1.97 bits per heavy atom. The van der Waals surface area contributed by atoms with Gasteiger partial charge in [-0.3, -0.25) is 9.36 Å². The molecule has 36 heavy (non-hydrogen) atoms. The van der Waals surface area contributed by atoms with Crippen LogP contribution in [0.3, 0.4) is 0 Å². The first-order chi connectivity index (χ1) is 17.0. The van der Waals surface area contributed by atoms with E-state index < -0.39 is 5.91 Å². The largest absolute Gasteiger partial charge is 0.484 e. The van der Waals surface area contributed by atoms with Crippen LogP contribution in [-0.4, -0.2) is 33.8 Å². The third-order valence-electron chi connectivity index (χ3n) is 7.23. The van der Waals surface area contributed by atoms with Gasteiger partial charge in [-0.25, -0.2) is 4.98 Å². The number of aromatic nitrogens is 2. The molecule has 2 aliphatic rings. The lowest BCUT2D eigenvalue weighted by Gasteiger charge is -2.32. The van der Waals surface area contributed by atoms with E-state index in [9.17, 15) is 4.79 Å². The molecule has 0 radical (unpaired) electrons. The van der Waals surface area contributed by atoms with Crippen LogP contribution in [0.4, 0.5) is 0 Å². The average molecular weight is 526 g/mol. The Morgan fingerprint density at radius 1 is 1.28 bits per heavy atom. The quantitative estimate of drug-likeness (QED) is 0.407. The third kappa shape index (κ3) is 4.38. The van der Waals surface area contributed by atoms with E-state index in [0.717, 1.165) is 22.0 Å². The summed E-state index contributed by atoms with van der Waals surface area (Å²) in [6, 6.07) is 9.30. The van der Waals surface area contributed by atoms with Gasteiger partial charge in [0.2, 0.25) is 0 Å². The number of nitrogens with zero attached hydrogens (tertiary/aromatic N) is 2. The lowest BCUT2D eigenvalue weighted by atomic mass is 9.67. The summed E-state index contributed by atoms with van der Waals surface area (Å²) in [7, 11) is -0.334. The first-order valence-corrected chi connectivity index (χ1v) is 13.1. The molecule has 0 saturated carbocycles. The predicted molar refractivity (Wildman–Crippen MR) is 143 cm³/mol. The Hall–Kier alpha value is -2.59. The predicted octanol–water partition coefficient (Wildman–Crippen LogP) is 5.86. The Morgan fingerprint density at radius 3 is 2.64 bits per heavy atom. The molecule has 10 heteroatoms. The molecule has 1 aromatic carbocycles. The van der Waals surface area contributed by atoms with Crippen LogP contribution in [0.15, 0.2) is 42.7 Å². The molecule has 7 nitrogen and oxygen atoms in total. The van der Waals surface area contributed by atoms with Crippen molar-refractivity contribution in [2.24, 2.45) is 5.73 Å². The number of imidazole rings is 1. The molecular formula is C26H29BClN3O4S. The van der Waals surface area contributed by atoms with Gasteiger partial charge >= 0.3 is 7.12 Å². The summed E-state index contributed by atoms with van der Waals surface area (Å²) in [6.45, 7) is 10.1. The molecule has 5 rings (SSSR count). The molecule has 2 atom stereocenters. The summed E-state index contributed by atoms with van der Waals surface area (Å²) in [6.07, 6.45) is 6.24. The molecule has 0 bridgehead atoms. The molecule has 3 heterocycles. The number of amides is 1. The van der Waals surface area contributed by atoms with Crippen molar-refractivity contribution < 1.29 is 18.8 Å². The zero-order valence-electron chi connectivity index (χ0n) is 20.9. The Balaban J connectivity index is 1.40. The number of primary amides is 1. The minimum Gasteiger partial charge on any atom is -0.484 e. The monoisotopic (exact) mass is 525 g/mol. The van der Waals surface area contributed by atoms with Gasteiger partial charge in [0.15, 0.2) is 0 Å². The highest BCUT2D eigenvalue weighted by Gasteiger charge is 2.53. The second kappa shape index (κ2) is 9.06. The van der Waals surface area contributed by atoms with Crippen LogP contribution >= 0.6 is 22.9 Å². The lowest BCUT2D eigenvalue weighted by molar-refractivity contribution is 0.00578. The van der Waals surface area contributed by atoms with Crippen molar-refractivity contribution in [1.29, 1.82) is 0 Å². The van der Waals surface area contributed by atoms with E-state index >= 15 is 0 Å². The van der Waals surface area contributed by atoms with Gasteiger partial charge in [-0.1, -0.05) is 35.9 Å². The van der Waals surface area contributed by atoms with Gasteiger partial charge in [-0.2, -0.15) is 0 Å². The number of carbonyl (C=O) groups excluding carboxylic acids is 1. The fourth-order valence-electron chi connectivity index (χ4n) is 4.46. The smallest absolute Gasteiger partial charge is 0.465 e. The Labute approximate surface area is 220 Å². The van der Waals surface area contributed by atoms with E-state index in [1.165, 1.54) is 11.3 Å². The van der Waals surface area contributed by atoms with Gasteiger partial charge in [0.05, 0.1) is 22.6 Å². The van der Waals surface area contributed by atoms with E-state index in [2.05, 4.69) is 38.8 Å². The van der Waals surface area contributed by atoms with Crippen molar-refractivity contribution >= 4 is 42.0 Å². The molecule has 1 fully saturated rings. The standard InChI is InChI=1S/C26H29BClN3O4S/c1-15(17-8-6-7-9-18(17)28)33-21-13-22(36-23(21)24(29)32)31-14-30-19-12-16(10-11-20(19)31)27-34-25(2,3)26(4,5)35-27/h6-11,13-16H,12H2,1-5H3,(H2,29,32)/t15-,16?/m1/s1. The molecule has 188 valence electrons. The number of fused-ring (bicyclic) bond motifs is 1. The summed E-state index contributed by atoms with van der Waals surface area (Å²) in [5.41, 5.74) is 7.65. The molecule has 0 spiro atoms. The maximum Gasteiger partial charge on any atom is 0.465 e. The van der Waals surface area contributed by atoms with Gasteiger partial charge in [-0.15, -0.1) is 11.3 Å². The number of nitrogens with two attached hydrogens (primary N) is 1. The maximum absolute atomic E-state index is 12.2. The van der Waals surface area contributed by atoms with Crippen molar-refractivity contribution in [2.45, 2.75) is 64.2 Å². The number of allylic oxidation sites excluding steroid dienone is 1. The van der Waals surface area contributed by atoms with E-state index in [1.807, 2.05) is 47.9 Å². The molecule has 2 aromatic heterocycles. The van der Waals surface area contributed by atoms with Crippen molar-refractivity contribution in [2.75, 3.05) is 0 Å². The van der Waals surface area contributed by atoms with Crippen LogP contribution in [0, 0.1) is 0 Å². The topological polar surface area (TPSA) is 88.6 Å². The number of thiophene rings is 1. The molecule has 1 unspecified atom stereocenters. The second-order valence-electron chi connectivity index (χ2n) is 10.2. The number of halogens is 1. The fraction of sp³-hybridized carbons (Fsp3) is 0.385. The third-order valence-corrected chi connectivity index (χ3v) is 8.70. The summed E-state index contributed by atoms with van der Waals surface area (Å²) < 4.78 is 20.6. The number of carbonyl (C=O) groups is 1. The number of ether oxygens (including phenoxy) is 1. The molecule has 1 saturated heterocycles. The van der Waals surface area contributed by atoms with Gasteiger partial charge in [-0.05, 0) is 53.2 Å². The van der Waals surface area contributed by atoms with Crippen molar-refractivity contribution in [3.05, 3.63) is 69.6 Å². The van der Waals surface area contributed by atoms with Gasteiger partial charge < -0.3 is 19.8 Å². The summed E-state index contributed by atoms with van der Waals surface area (Å²) in [5, 5.41) is 1.39. The minimum atomic E-state index is -0.544. The first kappa shape index (κ1) is 25.1. The maximum atomic E-state index is 12.2. The fourth-order valence-corrected chi connectivity index (χ4v) is 5.68. The Kier molecular flexibility index (Phi) is 6.31. The van der Waals surface area contributed by atoms with Crippen LogP contribution in [0.1, 0.15) is 67.3 Å². The van der Waals surface area contributed by atoms with Crippen LogP contribution < -0.4 is 10.5 Å². The van der Waals surface area contributed by atoms with Gasteiger partial charge in [0.1, 0.15) is 28.1 Å². The van der Waals surface area contributed by atoms with Gasteiger partial charge in [0, 0.05) is 22.5 Å². The number of rotatable bonds is 6.